The molecule has 0 bridgehead atoms. The van der Waals surface area contributed by atoms with Crippen LogP contribution in [0, 0.1) is 5.92 Å². The van der Waals surface area contributed by atoms with Crippen LogP contribution in [0.2, 0.25) is 0 Å². The van der Waals surface area contributed by atoms with E-state index in [1.54, 1.807) is 0 Å². The maximum atomic E-state index is 11.9. The number of esters is 1. The Balaban J connectivity index is 3.91. The van der Waals surface area contributed by atoms with Crippen LogP contribution in [0.5, 0.6) is 0 Å². The monoisotopic (exact) mass is 222 g/mol. The number of carbonyl (C=O) groups excluding carboxylic acids is 1. The highest BCUT2D eigenvalue weighted by molar-refractivity contribution is 8.00. The van der Waals surface area contributed by atoms with Crippen LogP contribution in [-0.2, 0) is 9.53 Å². The first-order valence-corrected chi connectivity index (χ1v) is 5.92. The van der Waals surface area contributed by atoms with Crippen LogP contribution in [-0.4, -0.2) is 30.8 Å². The molecule has 0 aliphatic heterocycles. The fraction of sp³-hybridized carbons (Fsp3) is 0.900. The van der Waals surface area contributed by atoms with Crippen molar-refractivity contribution in [2.75, 3.05) is 19.5 Å². The molecule has 0 spiro atoms. The van der Waals surface area contributed by atoms with Gasteiger partial charge in [0.15, 0.2) is 0 Å². The van der Waals surface area contributed by atoms with E-state index in [-0.39, 0.29) is 17.9 Å². The Morgan fingerprint density at radius 2 is 2.14 bits per heavy atom. The van der Waals surface area contributed by atoms with Crippen LogP contribution in [0.15, 0.2) is 0 Å². The number of ether oxygens (including phenoxy) is 1. The number of hydrogen-bond donors (Lipinski definition) is 0. The topological polar surface area (TPSA) is 26.3 Å². The van der Waals surface area contributed by atoms with E-state index < -0.39 is 0 Å². The molecule has 0 amide bonds. The minimum atomic E-state index is -0.317. The first-order chi connectivity index (χ1) is 6.61. The summed E-state index contributed by atoms with van der Waals surface area (Å²) in [5.74, 6) is 0.947. The number of carbonyl (C=O) groups is 1. The van der Waals surface area contributed by atoms with Crippen molar-refractivity contribution in [3.05, 3.63) is 0 Å². The number of hydrogen-bond acceptors (Lipinski definition) is 3. The zero-order chi connectivity index (χ0) is 11.0. The van der Waals surface area contributed by atoms with Gasteiger partial charge in [-0.15, -0.1) is 11.8 Å². The second kappa shape index (κ2) is 8.09. The van der Waals surface area contributed by atoms with Crippen molar-refractivity contribution < 1.29 is 13.9 Å². The van der Waals surface area contributed by atoms with Crippen molar-refractivity contribution in [1.29, 1.82) is 0 Å². The fourth-order valence-corrected chi connectivity index (χ4v) is 2.39. The van der Waals surface area contributed by atoms with E-state index in [0.29, 0.717) is 18.1 Å². The summed E-state index contributed by atoms with van der Waals surface area (Å²) in [4.78, 5) is 11.3. The Labute approximate surface area is 89.6 Å². The van der Waals surface area contributed by atoms with Gasteiger partial charge in [0.1, 0.15) is 5.25 Å². The lowest BCUT2D eigenvalue weighted by Gasteiger charge is -2.15. The van der Waals surface area contributed by atoms with E-state index in [1.165, 1.54) is 18.9 Å². The van der Waals surface area contributed by atoms with Crippen LogP contribution in [0.4, 0.5) is 4.39 Å². The molecule has 0 saturated carbocycles. The van der Waals surface area contributed by atoms with Gasteiger partial charge in [-0.3, -0.25) is 9.18 Å². The summed E-state index contributed by atoms with van der Waals surface area (Å²) in [5, 5.41) is -0.133. The van der Waals surface area contributed by atoms with E-state index in [9.17, 15) is 9.18 Å². The highest BCUT2D eigenvalue weighted by Gasteiger charge is 2.20. The van der Waals surface area contributed by atoms with E-state index in [2.05, 4.69) is 13.8 Å². The molecule has 0 heterocycles. The third-order valence-electron chi connectivity index (χ3n) is 1.75. The minimum Gasteiger partial charge on any atom is -0.468 e. The Hall–Kier alpha value is -0.250. The molecule has 0 fully saturated rings. The number of alkyl halides is 1. The molecule has 14 heavy (non-hydrogen) atoms. The van der Waals surface area contributed by atoms with Crippen molar-refractivity contribution >= 4 is 17.7 Å². The molecule has 0 N–H and O–H groups in total. The average molecular weight is 222 g/mol. The molecule has 1 atom stereocenters. The molecule has 0 aromatic carbocycles. The van der Waals surface area contributed by atoms with Gasteiger partial charge < -0.3 is 4.74 Å². The summed E-state index contributed by atoms with van der Waals surface area (Å²) in [7, 11) is 1.39. The molecule has 0 aromatic rings. The van der Waals surface area contributed by atoms with Crippen LogP contribution in [0.1, 0.15) is 26.7 Å². The third-order valence-corrected chi connectivity index (χ3v) is 3.06. The number of thioether (sulfide) groups is 1. The van der Waals surface area contributed by atoms with E-state index in [0.717, 1.165) is 6.42 Å². The zero-order valence-electron chi connectivity index (χ0n) is 9.09. The second-order valence-electron chi connectivity index (χ2n) is 3.55. The second-order valence-corrected chi connectivity index (χ2v) is 4.87. The molecule has 0 radical (unpaired) electrons. The Bertz CT molecular complexity index is 162. The lowest BCUT2D eigenvalue weighted by atomic mass is 10.1. The Morgan fingerprint density at radius 1 is 1.50 bits per heavy atom. The van der Waals surface area contributed by atoms with Crippen molar-refractivity contribution in [1.82, 2.24) is 0 Å². The van der Waals surface area contributed by atoms with Gasteiger partial charge in [0.2, 0.25) is 0 Å². The number of halogens is 1. The largest absolute Gasteiger partial charge is 0.468 e. The zero-order valence-corrected chi connectivity index (χ0v) is 9.90. The van der Waals surface area contributed by atoms with Crippen molar-refractivity contribution in [3.63, 3.8) is 0 Å². The quantitative estimate of drug-likeness (QED) is 0.489. The first kappa shape index (κ1) is 13.8. The van der Waals surface area contributed by atoms with Crippen molar-refractivity contribution in [2.24, 2.45) is 5.92 Å². The minimum absolute atomic E-state index is 0.133. The molecule has 0 aliphatic rings. The van der Waals surface area contributed by atoms with Gasteiger partial charge in [-0.25, -0.2) is 0 Å². The van der Waals surface area contributed by atoms with Crippen LogP contribution in [0.3, 0.4) is 0 Å². The fourth-order valence-electron chi connectivity index (χ4n) is 1.07. The molecule has 0 rings (SSSR count). The molecular weight excluding hydrogens is 203 g/mol. The van der Waals surface area contributed by atoms with Gasteiger partial charge in [0, 0.05) is 0 Å². The van der Waals surface area contributed by atoms with E-state index in [4.69, 9.17) is 4.74 Å². The van der Waals surface area contributed by atoms with Crippen LogP contribution >= 0.6 is 11.8 Å². The first-order valence-electron chi connectivity index (χ1n) is 4.87. The summed E-state index contributed by atoms with van der Waals surface area (Å²) >= 11 is 1.49. The summed E-state index contributed by atoms with van der Waals surface area (Å²) in [5.41, 5.74) is 0. The predicted molar refractivity (Wildman–Crippen MR) is 58.3 cm³/mol. The van der Waals surface area contributed by atoms with Gasteiger partial charge in [0.25, 0.3) is 0 Å². The molecule has 0 aliphatic carbocycles. The third kappa shape index (κ3) is 6.24. The molecule has 0 aromatic heterocycles. The number of methoxy groups -OCH3 is 1. The molecule has 1 unspecified atom stereocenters. The summed E-state index contributed by atoms with van der Waals surface area (Å²) in [6, 6.07) is 0. The van der Waals surface area contributed by atoms with Crippen molar-refractivity contribution in [3.8, 4) is 0 Å². The summed E-state index contributed by atoms with van der Waals surface area (Å²) < 4.78 is 16.5. The van der Waals surface area contributed by atoms with Gasteiger partial charge in [-0.1, -0.05) is 13.8 Å². The maximum absolute atomic E-state index is 11.9. The lowest BCUT2D eigenvalue weighted by molar-refractivity contribution is -0.140. The molecule has 84 valence electrons. The number of rotatable bonds is 7. The predicted octanol–water partition coefficient (Wildman–Crippen LogP) is 2.67. The Morgan fingerprint density at radius 3 is 2.57 bits per heavy atom. The lowest BCUT2D eigenvalue weighted by Crippen LogP contribution is -2.21. The Kier molecular flexibility index (Phi) is 7.95. The highest BCUT2D eigenvalue weighted by Crippen LogP contribution is 2.21. The molecule has 4 heteroatoms. The summed E-state index contributed by atoms with van der Waals surface area (Å²) in [6.45, 7) is 3.81. The molecular formula is C10H19FO2S. The van der Waals surface area contributed by atoms with E-state index >= 15 is 0 Å². The standard InChI is InChI=1S/C10H19FO2S/c1-8(2)7-9(10(12)13-3)14-6-4-5-11/h8-9H,4-7H2,1-3H3. The maximum Gasteiger partial charge on any atom is 0.318 e. The smallest absolute Gasteiger partial charge is 0.318 e. The molecule has 2 nitrogen and oxygen atoms in total. The van der Waals surface area contributed by atoms with Crippen molar-refractivity contribution in [2.45, 2.75) is 31.9 Å². The van der Waals surface area contributed by atoms with Gasteiger partial charge in [0.05, 0.1) is 13.8 Å². The van der Waals surface area contributed by atoms with Crippen LogP contribution in [0.25, 0.3) is 0 Å². The summed E-state index contributed by atoms with van der Waals surface area (Å²) in [6.07, 6.45) is 1.31. The normalized spacial score (nSPS) is 12.9. The van der Waals surface area contributed by atoms with E-state index in [1.807, 2.05) is 0 Å². The molecule has 0 saturated heterocycles. The SMILES string of the molecule is COC(=O)C(CC(C)C)SCCCF. The highest BCUT2D eigenvalue weighted by atomic mass is 32.2. The van der Waals surface area contributed by atoms with Gasteiger partial charge in [-0.05, 0) is 24.5 Å². The van der Waals surface area contributed by atoms with Crippen LogP contribution < -0.4 is 0 Å². The van der Waals surface area contributed by atoms with Gasteiger partial charge >= 0.3 is 5.97 Å². The van der Waals surface area contributed by atoms with Gasteiger partial charge in [-0.2, -0.15) is 0 Å². The average Bonchev–Trinajstić information content (AvgIpc) is 2.15.